The number of amides is 1. The van der Waals surface area contributed by atoms with Gasteiger partial charge in [-0.2, -0.15) is 0 Å². The summed E-state index contributed by atoms with van der Waals surface area (Å²) in [6.45, 7) is 0.448. The number of nitrogens with zero attached hydrogens (tertiary/aromatic N) is 4. The molecule has 10 heteroatoms. The fourth-order valence-corrected chi connectivity index (χ4v) is 4.13. The minimum Gasteiger partial charge on any atom is -0.481 e. The summed E-state index contributed by atoms with van der Waals surface area (Å²) in [4.78, 5) is 49.4. The smallest absolute Gasteiger partial charge is 0.413 e. The van der Waals surface area contributed by atoms with Crippen LogP contribution in [-0.4, -0.2) is 56.7 Å². The fourth-order valence-electron chi connectivity index (χ4n) is 4.13. The molecule has 1 aliphatic heterocycles. The number of rotatable bonds is 11. The molecule has 0 unspecified atom stereocenters. The number of hydrogen-bond acceptors (Lipinski definition) is 7. The normalized spacial score (nSPS) is 14.1. The molecular weight excluding hydrogens is 440 g/mol. The standard InChI is InChI=1S/C24H30N4O6/c1-34-23-25-14-18(15-26-23)17(13-21(30)31)12-20(29)8-3-2-7-19-10-9-16-6-4-5-11-28(24(32)33)22(16)27-19/h9-10,14-15,17H,2-8,11-13H2,1H3,(H,30,31)(H,32,33)/t17-/m0/s1. The van der Waals surface area contributed by atoms with E-state index in [0.29, 0.717) is 37.2 Å². The number of aromatic nitrogens is 3. The Balaban J connectivity index is 1.53. The highest BCUT2D eigenvalue weighted by molar-refractivity contribution is 5.85. The Morgan fingerprint density at radius 2 is 1.85 bits per heavy atom. The first-order valence-corrected chi connectivity index (χ1v) is 11.5. The summed E-state index contributed by atoms with van der Waals surface area (Å²) in [5.74, 6) is -0.978. The first-order chi connectivity index (χ1) is 16.4. The summed E-state index contributed by atoms with van der Waals surface area (Å²) in [6.07, 6.45) is 6.82. The summed E-state index contributed by atoms with van der Waals surface area (Å²) in [6, 6.07) is 4.07. The molecule has 0 aliphatic carbocycles. The van der Waals surface area contributed by atoms with E-state index in [4.69, 9.17) is 4.74 Å². The van der Waals surface area contributed by atoms with Crippen molar-refractivity contribution in [1.82, 2.24) is 15.0 Å². The Morgan fingerprint density at radius 1 is 1.09 bits per heavy atom. The van der Waals surface area contributed by atoms with Crippen molar-refractivity contribution in [1.29, 1.82) is 0 Å². The van der Waals surface area contributed by atoms with E-state index in [-0.39, 0.29) is 24.6 Å². The number of aryl methyl sites for hydroxylation is 2. The maximum absolute atomic E-state index is 12.5. The van der Waals surface area contributed by atoms with E-state index in [9.17, 15) is 24.6 Å². The van der Waals surface area contributed by atoms with Crippen LogP contribution in [0.15, 0.2) is 24.5 Å². The monoisotopic (exact) mass is 470 g/mol. The van der Waals surface area contributed by atoms with Crippen LogP contribution in [-0.2, 0) is 22.4 Å². The molecule has 0 bridgehead atoms. The first-order valence-electron chi connectivity index (χ1n) is 11.5. The number of pyridine rings is 1. The van der Waals surface area contributed by atoms with Crippen LogP contribution in [0, 0.1) is 0 Å². The van der Waals surface area contributed by atoms with E-state index in [1.807, 2.05) is 12.1 Å². The second kappa shape index (κ2) is 12.1. The number of anilines is 1. The van der Waals surface area contributed by atoms with Gasteiger partial charge in [0.1, 0.15) is 11.6 Å². The van der Waals surface area contributed by atoms with Gasteiger partial charge in [0.25, 0.3) is 0 Å². The number of fused-ring (bicyclic) bond motifs is 1. The summed E-state index contributed by atoms with van der Waals surface area (Å²) >= 11 is 0. The van der Waals surface area contributed by atoms with Gasteiger partial charge in [-0.3, -0.25) is 14.5 Å². The SMILES string of the molecule is COc1ncc([C@H](CC(=O)O)CC(=O)CCCCc2ccc3c(n2)N(C(=O)O)CCCC3)cn1. The second-order valence-electron chi connectivity index (χ2n) is 8.42. The molecule has 0 aromatic carbocycles. The van der Waals surface area contributed by atoms with Crippen molar-refractivity contribution >= 4 is 23.7 Å². The zero-order chi connectivity index (χ0) is 24.5. The van der Waals surface area contributed by atoms with Crippen LogP contribution in [0.1, 0.15) is 67.7 Å². The lowest BCUT2D eigenvalue weighted by atomic mass is 9.91. The number of carbonyl (C=O) groups is 3. The molecule has 182 valence electrons. The highest BCUT2D eigenvalue weighted by atomic mass is 16.5. The highest BCUT2D eigenvalue weighted by Crippen LogP contribution is 2.26. The third-order valence-electron chi connectivity index (χ3n) is 5.91. The summed E-state index contributed by atoms with van der Waals surface area (Å²) in [5.41, 5.74) is 2.35. The van der Waals surface area contributed by atoms with Crippen molar-refractivity contribution < 1.29 is 29.3 Å². The number of hydrogen-bond donors (Lipinski definition) is 2. The molecule has 0 saturated heterocycles. The van der Waals surface area contributed by atoms with Gasteiger partial charge in [-0.15, -0.1) is 0 Å². The van der Waals surface area contributed by atoms with Gasteiger partial charge in [0.15, 0.2) is 0 Å². The highest BCUT2D eigenvalue weighted by Gasteiger charge is 2.23. The maximum Gasteiger partial charge on any atom is 0.413 e. The molecular formula is C24H30N4O6. The van der Waals surface area contributed by atoms with Gasteiger partial charge in [-0.25, -0.2) is 19.7 Å². The summed E-state index contributed by atoms with van der Waals surface area (Å²) < 4.78 is 4.93. The zero-order valence-corrected chi connectivity index (χ0v) is 19.3. The Morgan fingerprint density at radius 3 is 2.53 bits per heavy atom. The molecule has 0 radical (unpaired) electrons. The molecule has 3 heterocycles. The van der Waals surface area contributed by atoms with Crippen molar-refractivity contribution in [2.75, 3.05) is 18.6 Å². The van der Waals surface area contributed by atoms with Crippen LogP contribution in [0.4, 0.5) is 10.6 Å². The number of Topliss-reactive ketones (excluding diaryl/α,β-unsaturated/α-hetero) is 1. The van der Waals surface area contributed by atoms with Gasteiger partial charge in [-0.1, -0.05) is 6.07 Å². The number of carboxylic acids is 1. The van der Waals surface area contributed by atoms with E-state index in [0.717, 1.165) is 36.9 Å². The fraction of sp³-hybridized carbons (Fsp3) is 0.500. The molecule has 0 fully saturated rings. The topological polar surface area (TPSA) is 143 Å². The number of carbonyl (C=O) groups excluding carboxylic acids is 1. The van der Waals surface area contributed by atoms with Crippen molar-refractivity contribution in [2.24, 2.45) is 0 Å². The Bertz CT molecular complexity index is 1010. The average molecular weight is 471 g/mol. The van der Waals surface area contributed by atoms with E-state index in [1.165, 1.54) is 24.4 Å². The molecule has 2 aromatic heterocycles. The quantitative estimate of drug-likeness (QED) is 0.470. The number of aliphatic carboxylic acids is 1. The predicted molar refractivity (Wildman–Crippen MR) is 123 cm³/mol. The molecule has 0 saturated carbocycles. The van der Waals surface area contributed by atoms with Crippen molar-refractivity contribution in [2.45, 2.75) is 63.7 Å². The molecule has 1 aliphatic rings. The number of carboxylic acid groups (broad SMARTS) is 2. The van der Waals surface area contributed by atoms with Gasteiger partial charge in [-0.05, 0) is 55.7 Å². The van der Waals surface area contributed by atoms with Crippen molar-refractivity contribution in [3.05, 3.63) is 41.3 Å². The maximum atomic E-state index is 12.5. The average Bonchev–Trinajstić information content (AvgIpc) is 3.03. The van der Waals surface area contributed by atoms with Crippen LogP contribution < -0.4 is 9.64 Å². The van der Waals surface area contributed by atoms with Gasteiger partial charge < -0.3 is 14.9 Å². The summed E-state index contributed by atoms with van der Waals surface area (Å²) in [5, 5.41) is 18.7. The van der Waals surface area contributed by atoms with Crippen LogP contribution in [0.2, 0.25) is 0 Å². The Labute approximate surface area is 198 Å². The zero-order valence-electron chi connectivity index (χ0n) is 19.3. The van der Waals surface area contributed by atoms with E-state index in [1.54, 1.807) is 0 Å². The van der Waals surface area contributed by atoms with E-state index >= 15 is 0 Å². The number of methoxy groups -OCH3 is 1. The minimum atomic E-state index is -0.989. The molecule has 1 atom stereocenters. The molecule has 0 spiro atoms. The van der Waals surface area contributed by atoms with E-state index in [2.05, 4.69) is 15.0 Å². The molecule has 3 rings (SSSR count). The van der Waals surface area contributed by atoms with E-state index < -0.39 is 18.0 Å². The molecule has 10 nitrogen and oxygen atoms in total. The lowest BCUT2D eigenvalue weighted by Crippen LogP contribution is -2.31. The second-order valence-corrected chi connectivity index (χ2v) is 8.42. The first kappa shape index (κ1) is 25.1. The Kier molecular flexibility index (Phi) is 8.89. The van der Waals surface area contributed by atoms with Crippen molar-refractivity contribution in [3.8, 4) is 6.01 Å². The predicted octanol–water partition coefficient (Wildman–Crippen LogP) is 3.63. The summed E-state index contributed by atoms with van der Waals surface area (Å²) in [7, 11) is 1.44. The number of unbranched alkanes of at least 4 members (excludes halogenated alkanes) is 1. The van der Waals surface area contributed by atoms with Crippen LogP contribution in [0.3, 0.4) is 0 Å². The van der Waals surface area contributed by atoms with Crippen molar-refractivity contribution in [3.63, 3.8) is 0 Å². The largest absolute Gasteiger partial charge is 0.481 e. The van der Waals surface area contributed by atoms with Gasteiger partial charge in [0, 0.05) is 43.4 Å². The van der Waals surface area contributed by atoms with Crippen LogP contribution in [0.25, 0.3) is 0 Å². The molecule has 2 aromatic rings. The molecule has 1 amide bonds. The third-order valence-corrected chi connectivity index (χ3v) is 5.91. The lowest BCUT2D eigenvalue weighted by molar-refractivity contribution is -0.137. The lowest BCUT2D eigenvalue weighted by Gasteiger charge is -2.18. The molecule has 34 heavy (non-hydrogen) atoms. The number of ether oxygens (including phenoxy) is 1. The van der Waals surface area contributed by atoms with Gasteiger partial charge in [0.2, 0.25) is 0 Å². The number of ketones is 1. The Hall–Kier alpha value is -3.56. The molecule has 2 N–H and O–H groups in total. The van der Waals surface area contributed by atoms with Crippen LogP contribution >= 0.6 is 0 Å². The van der Waals surface area contributed by atoms with Crippen LogP contribution in [0.5, 0.6) is 6.01 Å². The minimum absolute atomic E-state index is 0.0194. The third kappa shape index (κ3) is 6.97. The van der Waals surface area contributed by atoms with Gasteiger partial charge in [0.05, 0.1) is 13.5 Å². The van der Waals surface area contributed by atoms with Gasteiger partial charge >= 0.3 is 18.1 Å².